The number of carbonyl (C=O) groups is 3. The quantitative estimate of drug-likeness (QED) is 0.728. The third kappa shape index (κ3) is 3.88. The first-order valence-electron chi connectivity index (χ1n) is 8.92. The lowest BCUT2D eigenvalue weighted by Crippen LogP contribution is -2.36. The van der Waals surface area contributed by atoms with E-state index in [4.69, 9.17) is 5.73 Å². The minimum absolute atomic E-state index is 0.278. The van der Waals surface area contributed by atoms with Crippen LogP contribution >= 0.6 is 11.3 Å². The molecule has 4 N–H and O–H groups in total. The van der Waals surface area contributed by atoms with E-state index in [0.29, 0.717) is 23.4 Å². The van der Waals surface area contributed by atoms with Crippen molar-refractivity contribution in [3.8, 4) is 11.1 Å². The molecule has 1 aliphatic carbocycles. The fourth-order valence-corrected chi connectivity index (χ4v) is 4.85. The van der Waals surface area contributed by atoms with Crippen LogP contribution in [0.15, 0.2) is 30.3 Å². The summed E-state index contributed by atoms with van der Waals surface area (Å²) in [7, 11) is 0. The molecule has 2 aromatic rings. The topological polar surface area (TPSA) is 109 Å². The highest BCUT2D eigenvalue weighted by atomic mass is 32.1. The molecule has 0 spiro atoms. The average molecular weight is 386 g/mol. The van der Waals surface area contributed by atoms with Crippen LogP contribution in [0.1, 0.15) is 40.9 Å². The zero-order chi connectivity index (χ0) is 19.6. The van der Waals surface area contributed by atoms with E-state index in [0.717, 1.165) is 23.3 Å². The van der Waals surface area contributed by atoms with Gasteiger partial charge in [-0.25, -0.2) is 0 Å². The first kappa shape index (κ1) is 19.1. The maximum atomic E-state index is 12.8. The number of anilines is 1. The van der Waals surface area contributed by atoms with Crippen molar-refractivity contribution < 1.29 is 19.5 Å². The largest absolute Gasteiger partial charge is 0.481 e. The summed E-state index contributed by atoms with van der Waals surface area (Å²) in [5.74, 6) is -3.21. The number of nitrogens with two attached hydrogens (primary N) is 1. The van der Waals surface area contributed by atoms with E-state index in [1.54, 1.807) is 0 Å². The number of thiophene rings is 1. The number of carbonyl (C=O) groups excluding carboxylic acids is 2. The van der Waals surface area contributed by atoms with Gasteiger partial charge < -0.3 is 16.2 Å². The smallest absolute Gasteiger partial charge is 0.307 e. The molecule has 0 radical (unpaired) electrons. The number of rotatable bonds is 5. The van der Waals surface area contributed by atoms with Crippen molar-refractivity contribution in [1.29, 1.82) is 0 Å². The van der Waals surface area contributed by atoms with Gasteiger partial charge in [0.05, 0.1) is 17.4 Å². The number of carboxylic acids is 1. The summed E-state index contributed by atoms with van der Waals surface area (Å²) in [5.41, 5.74) is 7.45. The van der Waals surface area contributed by atoms with Crippen molar-refractivity contribution >= 4 is 34.1 Å². The fraction of sp³-hybridized carbons (Fsp3) is 0.350. The lowest BCUT2D eigenvalue weighted by atomic mass is 9.78. The first-order chi connectivity index (χ1) is 12.9. The van der Waals surface area contributed by atoms with Crippen LogP contribution in [-0.2, 0) is 9.59 Å². The molecule has 0 aliphatic heterocycles. The van der Waals surface area contributed by atoms with Crippen molar-refractivity contribution in [3.05, 3.63) is 40.8 Å². The number of aryl methyl sites for hydroxylation is 1. The van der Waals surface area contributed by atoms with Crippen LogP contribution in [0, 0.1) is 18.8 Å². The van der Waals surface area contributed by atoms with Crippen molar-refractivity contribution in [2.24, 2.45) is 17.6 Å². The number of amides is 2. The van der Waals surface area contributed by atoms with E-state index in [1.165, 1.54) is 11.3 Å². The van der Waals surface area contributed by atoms with Crippen molar-refractivity contribution in [2.45, 2.75) is 32.6 Å². The Morgan fingerprint density at radius 1 is 1.11 bits per heavy atom. The maximum Gasteiger partial charge on any atom is 0.307 e. The summed E-state index contributed by atoms with van der Waals surface area (Å²) in [6.07, 6.45) is 2.66. The first-order valence-corrected chi connectivity index (χ1v) is 9.74. The van der Waals surface area contributed by atoms with Crippen molar-refractivity contribution in [2.75, 3.05) is 5.32 Å². The van der Waals surface area contributed by atoms with Gasteiger partial charge in [0.15, 0.2) is 0 Å². The zero-order valence-electron chi connectivity index (χ0n) is 15.0. The minimum atomic E-state index is -0.947. The van der Waals surface area contributed by atoms with E-state index >= 15 is 0 Å². The molecule has 0 saturated heterocycles. The molecule has 2 amide bonds. The Hall–Kier alpha value is -2.67. The monoisotopic (exact) mass is 386 g/mol. The Morgan fingerprint density at radius 2 is 1.74 bits per heavy atom. The lowest BCUT2D eigenvalue weighted by molar-refractivity contribution is -0.147. The molecule has 1 saturated carbocycles. The number of aliphatic carboxylic acids is 1. The predicted octanol–water partition coefficient (Wildman–Crippen LogP) is 3.65. The second-order valence-electron chi connectivity index (χ2n) is 6.79. The summed E-state index contributed by atoms with van der Waals surface area (Å²) in [6.45, 7) is 1.87. The Balaban J connectivity index is 1.94. The summed E-state index contributed by atoms with van der Waals surface area (Å²) < 4.78 is 0. The molecule has 1 aromatic carbocycles. The lowest BCUT2D eigenvalue weighted by Gasteiger charge is -2.27. The van der Waals surface area contributed by atoms with Gasteiger partial charge >= 0.3 is 5.97 Å². The van der Waals surface area contributed by atoms with Gasteiger partial charge in [-0.15, -0.1) is 11.3 Å². The van der Waals surface area contributed by atoms with Gasteiger partial charge in [-0.2, -0.15) is 0 Å². The molecule has 142 valence electrons. The van der Waals surface area contributed by atoms with E-state index in [2.05, 4.69) is 5.32 Å². The van der Waals surface area contributed by atoms with Crippen LogP contribution < -0.4 is 11.1 Å². The van der Waals surface area contributed by atoms with Gasteiger partial charge in [0.25, 0.3) is 5.91 Å². The maximum absolute atomic E-state index is 12.8. The highest BCUT2D eigenvalue weighted by Gasteiger charge is 2.36. The summed E-state index contributed by atoms with van der Waals surface area (Å²) in [6, 6.07) is 9.39. The van der Waals surface area contributed by atoms with Gasteiger partial charge in [0, 0.05) is 10.4 Å². The summed E-state index contributed by atoms with van der Waals surface area (Å²) in [4.78, 5) is 37.3. The van der Waals surface area contributed by atoms with Crippen LogP contribution in [0.25, 0.3) is 11.1 Å². The molecular weight excluding hydrogens is 364 g/mol. The number of hydrogen-bond donors (Lipinski definition) is 3. The third-order valence-corrected chi connectivity index (χ3v) is 6.07. The second-order valence-corrected chi connectivity index (χ2v) is 8.02. The fourth-order valence-electron chi connectivity index (χ4n) is 3.77. The Kier molecular flexibility index (Phi) is 5.60. The number of primary amides is 1. The van der Waals surface area contributed by atoms with E-state index < -0.39 is 23.7 Å². The van der Waals surface area contributed by atoms with Crippen LogP contribution in [0.4, 0.5) is 5.00 Å². The number of carboxylic acid groups (broad SMARTS) is 1. The zero-order valence-corrected chi connectivity index (χ0v) is 15.8. The molecule has 2 atom stereocenters. The third-order valence-electron chi connectivity index (χ3n) is 5.05. The van der Waals surface area contributed by atoms with E-state index in [-0.39, 0.29) is 11.5 Å². The molecular formula is C20H22N2O4S. The SMILES string of the molecule is Cc1sc(NC(=O)[C@H]2CCCC[C@@H]2C(=O)O)c(C(N)=O)c1-c1ccccc1. The highest BCUT2D eigenvalue weighted by molar-refractivity contribution is 7.17. The van der Waals surface area contributed by atoms with Gasteiger partial charge in [-0.05, 0) is 25.3 Å². The van der Waals surface area contributed by atoms with Gasteiger partial charge in [0.2, 0.25) is 5.91 Å². The molecule has 3 rings (SSSR count). The van der Waals surface area contributed by atoms with Crippen LogP contribution in [0.5, 0.6) is 0 Å². The van der Waals surface area contributed by atoms with Crippen LogP contribution in [0.3, 0.4) is 0 Å². The average Bonchev–Trinajstić information content (AvgIpc) is 2.98. The van der Waals surface area contributed by atoms with Crippen molar-refractivity contribution in [1.82, 2.24) is 0 Å². The van der Waals surface area contributed by atoms with E-state index in [1.807, 2.05) is 37.3 Å². The highest BCUT2D eigenvalue weighted by Crippen LogP contribution is 2.40. The number of benzene rings is 1. The molecule has 1 aromatic heterocycles. The van der Waals surface area contributed by atoms with Crippen molar-refractivity contribution in [3.63, 3.8) is 0 Å². The molecule has 1 aliphatic rings. The Morgan fingerprint density at radius 3 is 2.33 bits per heavy atom. The number of nitrogens with one attached hydrogen (secondary N) is 1. The second kappa shape index (κ2) is 7.92. The Bertz CT molecular complexity index is 876. The van der Waals surface area contributed by atoms with Crippen LogP contribution in [-0.4, -0.2) is 22.9 Å². The summed E-state index contributed by atoms with van der Waals surface area (Å²) >= 11 is 1.29. The number of hydrogen-bond acceptors (Lipinski definition) is 4. The molecule has 0 unspecified atom stereocenters. The minimum Gasteiger partial charge on any atom is -0.481 e. The van der Waals surface area contributed by atoms with Crippen LogP contribution in [0.2, 0.25) is 0 Å². The molecule has 1 heterocycles. The van der Waals surface area contributed by atoms with Gasteiger partial charge in [0.1, 0.15) is 5.00 Å². The molecule has 27 heavy (non-hydrogen) atoms. The predicted molar refractivity (Wildman–Crippen MR) is 105 cm³/mol. The Labute approximate surface area is 161 Å². The molecule has 6 nitrogen and oxygen atoms in total. The van der Waals surface area contributed by atoms with E-state index in [9.17, 15) is 19.5 Å². The van der Waals surface area contributed by atoms with Gasteiger partial charge in [-0.1, -0.05) is 43.2 Å². The molecule has 7 heteroatoms. The summed E-state index contributed by atoms with van der Waals surface area (Å²) in [5, 5.41) is 12.6. The normalized spacial score (nSPS) is 19.4. The van der Waals surface area contributed by atoms with Gasteiger partial charge in [-0.3, -0.25) is 14.4 Å². The molecule has 0 bridgehead atoms. The molecule has 1 fully saturated rings. The standard InChI is InChI=1S/C20H22N2O4S/c1-11-15(12-7-3-2-4-8-12)16(17(21)23)19(27-11)22-18(24)13-9-5-6-10-14(13)20(25)26/h2-4,7-8,13-14H,5-6,9-10H2,1H3,(H2,21,23)(H,22,24)(H,25,26)/t13-,14-/m0/s1.